The highest BCUT2D eigenvalue weighted by molar-refractivity contribution is 7.15. The van der Waals surface area contributed by atoms with Gasteiger partial charge in [-0.05, 0) is 31.5 Å². The summed E-state index contributed by atoms with van der Waals surface area (Å²) in [6, 6.07) is 3.29. The summed E-state index contributed by atoms with van der Waals surface area (Å²) in [7, 11) is 0. The number of anilines is 1. The number of nitrogens with zero attached hydrogens (tertiary/aromatic N) is 2. The van der Waals surface area contributed by atoms with Gasteiger partial charge in [0.1, 0.15) is 11.6 Å². The number of thiazole rings is 1. The van der Waals surface area contributed by atoms with Gasteiger partial charge in [0.05, 0.1) is 26.8 Å². The van der Waals surface area contributed by atoms with Crippen LogP contribution in [0.4, 0.5) is 14.6 Å². The van der Waals surface area contributed by atoms with Crippen LogP contribution >= 0.6 is 11.3 Å². The molecule has 0 saturated heterocycles. The van der Waals surface area contributed by atoms with E-state index in [-0.39, 0.29) is 5.82 Å². The van der Waals surface area contributed by atoms with Crippen molar-refractivity contribution in [2.45, 2.75) is 13.8 Å². The van der Waals surface area contributed by atoms with Crippen molar-refractivity contribution in [2.24, 2.45) is 0 Å². The Balaban J connectivity index is 2.24. The first-order chi connectivity index (χ1) is 9.95. The van der Waals surface area contributed by atoms with Crippen LogP contribution in [-0.4, -0.2) is 15.2 Å². The highest BCUT2D eigenvalue weighted by Crippen LogP contribution is 2.39. The number of aromatic amines is 1. The molecule has 0 atom stereocenters. The van der Waals surface area contributed by atoms with Crippen LogP contribution in [0.25, 0.3) is 21.7 Å². The first kappa shape index (κ1) is 13.7. The molecular formula is C14H12F2N4S. The molecular weight excluding hydrogens is 294 g/mol. The zero-order valence-electron chi connectivity index (χ0n) is 11.4. The molecule has 3 aromatic rings. The predicted octanol–water partition coefficient (Wildman–Crippen LogP) is 3.68. The third kappa shape index (κ3) is 2.40. The Morgan fingerprint density at radius 3 is 2.38 bits per heavy atom. The molecule has 7 heteroatoms. The molecule has 3 rings (SSSR count). The van der Waals surface area contributed by atoms with E-state index in [1.165, 1.54) is 23.5 Å². The maximum absolute atomic E-state index is 13.4. The quantitative estimate of drug-likeness (QED) is 0.759. The number of benzene rings is 1. The molecule has 0 radical (unpaired) electrons. The molecule has 0 amide bonds. The molecule has 2 aromatic heterocycles. The molecule has 0 bridgehead atoms. The Morgan fingerprint density at radius 2 is 1.81 bits per heavy atom. The Morgan fingerprint density at radius 1 is 1.14 bits per heavy atom. The third-order valence-corrected chi connectivity index (χ3v) is 4.17. The van der Waals surface area contributed by atoms with Crippen molar-refractivity contribution in [3.05, 3.63) is 40.5 Å². The minimum Gasteiger partial charge on any atom is -0.382 e. The Labute approximate surface area is 123 Å². The van der Waals surface area contributed by atoms with E-state index in [0.717, 1.165) is 21.6 Å². The van der Waals surface area contributed by atoms with Crippen molar-refractivity contribution in [3.8, 4) is 21.7 Å². The van der Waals surface area contributed by atoms with Crippen molar-refractivity contribution in [1.29, 1.82) is 0 Å². The molecule has 2 heterocycles. The van der Waals surface area contributed by atoms with E-state index < -0.39 is 11.6 Å². The van der Waals surface area contributed by atoms with Gasteiger partial charge in [-0.3, -0.25) is 5.10 Å². The van der Waals surface area contributed by atoms with Crippen LogP contribution in [0, 0.1) is 25.5 Å². The summed E-state index contributed by atoms with van der Waals surface area (Å²) in [4.78, 5) is 5.21. The topological polar surface area (TPSA) is 67.6 Å². The summed E-state index contributed by atoms with van der Waals surface area (Å²) in [5, 5.41) is 7.69. The third-order valence-electron chi connectivity index (χ3n) is 3.08. The first-order valence-electron chi connectivity index (χ1n) is 6.20. The molecule has 3 N–H and O–H groups in total. The van der Waals surface area contributed by atoms with Gasteiger partial charge >= 0.3 is 0 Å². The van der Waals surface area contributed by atoms with E-state index in [9.17, 15) is 8.78 Å². The van der Waals surface area contributed by atoms with E-state index >= 15 is 0 Å². The monoisotopic (exact) mass is 306 g/mol. The molecule has 0 fully saturated rings. The van der Waals surface area contributed by atoms with Crippen LogP contribution in [0.5, 0.6) is 0 Å². The van der Waals surface area contributed by atoms with Crippen LogP contribution in [-0.2, 0) is 0 Å². The molecule has 108 valence electrons. The number of hydrogen-bond acceptors (Lipinski definition) is 4. The van der Waals surface area contributed by atoms with Gasteiger partial charge in [0, 0.05) is 6.07 Å². The van der Waals surface area contributed by atoms with Crippen molar-refractivity contribution in [1.82, 2.24) is 15.2 Å². The summed E-state index contributed by atoms with van der Waals surface area (Å²) in [5.74, 6) is -1.12. The SMILES string of the molecule is Cc1nc(C)c(-c2[nH]nc(N)c2-c2cc(F)cc(F)c2)s1. The Bertz CT molecular complexity index is 802. The van der Waals surface area contributed by atoms with E-state index in [1.807, 2.05) is 13.8 Å². The van der Waals surface area contributed by atoms with Gasteiger partial charge in [-0.25, -0.2) is 13.8 Å². The fraction of sp³-hybridized carbons (Fsp3) is 0.143. The fourth-order valence-corrected chi connectivity index (χ4v) is 3.20. The number of rotatable bonds is 2. The molecule has 0 saturated carbocycles. The minimum absolute atomic E-state index is 0.195. The largest absolute Gasteiger partial charge is 0.382 e. The van der Waals surface area contributed by atoms with Crippen molar-refractivity contribution >= 4 is 17.2 Å². The van der Waals surface area contributed by atoms with Crippen LogP contribution < -0.4 is 5.73 Å². The maximum atomic E-state index is 13.4. The molecule has 0 spiro atoms. The van der Waals surface area contributed by atoms with Gasteiger partial charge in [0.2, 0.25) is 0 Å². The molecule has 0 unspecified atom stereocenters. The lowest BCUT2D eigenvalue weighted by Gasteiger charge is -2.04. The molecule has 4 nitrogen and oxygen atoms in total. The van der Waals surface area contributed by atoms with Crippen LogP contribution in [0.15, 0.2) is 18.2 Å². The van der Waals surface area contributed by atoms with E-state index in [1.54, 1.807) is 0 Å². The van der Waals surface area contributed by atoms with Gasteiger partial charge < -0.3 is 5.73 Å². The second kappa shape index (κ2) is 4.92. The Kier molecular flexibility index (Phi) is 3.21. The number of aryl methyl sites for hydroxylation is 2. The number of nitrogens with one attached hydrogen (secondary N) is 1. The second-order valence-corrected chi connectivity index (χ2v) is 5.87. The number of aromatic nitrogens is 3. The van der Waals surface area contributed by atoms with Gasteiger partial charge in [-0.15, -0.1) is 11.3 Å². The van der Waals surface area contributed by atoms with E-state index in [2.05, 4.69) is 15.2 Å². The summed E-state index contributed by atoms with van der Waals surface area (Å²) >= 11 is 1.47. The number of nitrogen functional groups attached to an aromatic ring is 1. The zero-order chi connectivity index (χ0) is 15.1. The number of nitrogens with two attached hydrogens (primary N) is 1. The molecule has 21 heavy (non-hydrogen) atoms. The number of halogens is 2. The fourth-order valence-electron chi connectivity index (χ4n) is 2.27. The van der Waals surface area contributed by atoms with Crippen LogP contribution in [0.1, 0.15) is 10.7 Å². The number of H-pyrrole nitrogens is 1. The average Bonchev–Trinajstić information content (AvgIpc) is 2.90. The summed E-state index contributed by atoms with van der Waals surface area (Å²) in [6.45, 7) is 3.76. The van der Waals surface area contributed by atoms with E-state index in [0.29, 0.717) is 16.8 Å². The van der Waals surface area contributed by atoms with Gasteiger partial charge in [0.25, 0.3) is 0 Å². The lowest BCUT2D eigenvalue weighted by molar-refractivity contribution is 0.584. The zero-order valence-corrected chi connectivity index (χ0v) is 12.2. The standard InChI is InChI=1S/C14H12F2N4S/c1-6-13(21-7(2)18-6)12-11(14(17)20-19-12)8-3-9(15)5-10(16)4-8/h3-5H,1-2H3,(H3,17,19,20). The predicted molar refractivity (Wildman–Crippen MR) is 78.9 cm³/mol. The van der Waals surface area contributed by atoms with Crippen molar-refractivity contribution in [3.63, 3.8) is 0 Å². The molecule has 0 aliphatic carbocycles. The summed E-state index contributed by atoms with van der Waals surface area (Å²) in [6.07, 6.45) is 0. The van der Waals surface area contributed by atoms with Crippen LogP contribution in [0.3, 0.4) is 0 Å². The minimum atomic E-state index is -0.659. The Hall–Kier alpha value is -2.28. The molecule has 0 aliphatic heterocycles. The van der Waals surface area contributed by atoms with Gasteiger partial charge in [-0.1, -0.05) is 0 Å². The highest BCUT2D eigenvalue weighted by atomic mass is 32.1. The molecule has 1 aromatic carbocycles. The van der Waals surface area contributed by atoms with E-state index in [4.69, 9.17) is 5.73 Å². The smallest absolute Gasteiger partial charge is 0.153 e. The summed E-state index contributed by atoms with van der Waals surface area (Å²) < 4.78 is 26.9. The average molecular weight is 306 g/mol. The van der Waals surface area contributed by atoms with Crippen molar-refractivity contribution in [2.75, 3.05) is 5.73 Å². The first-order valence-corrected chi connectivity index (χ1v) is 7.02. The summed E-state index contributed by atoms with van der Waals surface area (Å²) in [5.41, 5.74) is 8.14. The lowest BCUT2D eigenvalue weighted by atomic mass is 10.0. The normalized spacial score (nSPS) is 11.0. The molecule has 0 aliphatic rings. The maximum Gasteiger partial charge on any atom is 0.153 e. The van der Waals surface area contributed by atoms with Crippen molar-refractivity contribution < 1.29 is 8.78 Å². The lowest BCUT2D eigenvalue weighted by Crippen LogP contribution is -1.91. The second-order valence-electron chi connectivity index (χ2n) is 4.66. The van der Waals surface area contributed by atoms with Gasteiger partial charge in [0.15, 0.2) is 5.82 Å². The number of hydrogen-bond donors (Lipinski definition) is 2. The highest BCUT2D eigenvalue weighted by Gasteiger charge is 2.19. The van der Waals surface area contributed by atoms with Gasteiger partial charge in [-0.2, -0.15) is 5.10 Å². The van der Waals surface area contributed by atoms with Crippen LogP contribution in [0.2, 0.25) is 0 Å².